The van der Waals surface area contributed by atoms with Gasteiger partial charge in [-0.15, -0.1) is 0 Å². The van der Waals surface area contributed by atoms with E-state index >= 15 is 0 Å². The Morgan fingerprint density at radius 2 is 2.05 bits per heavy atom. The first-order valence-corrected chi connectivity index (χ1v) is 7.86. The molecule has 0 atom stereocenters. The highest BCUT2D eigenvalue weighted by Gasteiger charge is 2.09. The van der Waals surface area contributed by atoms with Gasteiger partial charge >= 0.3 is 0 Å². The first-order valence-electron chi connectivity index (χ1n) is 7.86. The van der Waals surface area contributed by atoms with Gasteiger partial charge in [0.1, 0.15) is 0 Å². The van der Waals surface area contributed by atoms with Crippen LogP contribution >= 0.6 is 0 Å². The number of nitrogens with one attached hydrogen (secondary N) is 1. The minimum atomic E-state index is 0.660. The van der Waals surface area contributed by atoms with Gasteiger partial charge in [-0.3, -0.25) is 4.68 Å². The molecule has 0 saturated carbocycles. The summed E-state index contributed by atoms with van der Waals surface area (Å²) in [7, 11) is 1.75. The zero-order chi connectivity index (χ0) is 15.1. The fourth-order valence-electron chi connectivity index (χ4n) is 2.48. The van der Waals surface area contributed by atoms with Gasteiger partial charge < -0.3 is 10.1 Å². The largest absolute Gasteiger partial charge is 0.385 e. The lowest BCUT2D eigenvalue weighted by molar-refractivity contribution is 0.191. The predicted octanol–water partition coefficient (Wildman–Crippen LogP) is 3.21. The van der Waals surface area contributed by atoms with E-state index in [0.29, 0.717) is 5.92 Å². The highest BCUT2D eigenvalue weighted by atomic mass is 16.5. The Bertz CT molecular complexity index is 548. The highest BCUT2D eigenvalue weighted by molar-refractivity contribution is 5.81. The van der Waals surface area contributed by atoms with Crippen molar-refractivity contribution in [3.05, 3.63) is 30.0 Å². The maximum Gasteiger partial charge on any atom is 0.0841 e. The van der Waals surface area contributed by atoms with Crippen LogP contribution in [0.1, 0.15) is 32.4 Å². The summed E-state index contributed by atoms with van der Waals surface area (Å²) in [4.78, 5) is 0. The van der Waals surface area contributed by atoms with Crippen LogP contribution < -0.4 is 5.32 Å². The third-order valence-electron chi connectivity index (χ3n) is 3.55. The molecule has 0 aliphatic heterocycles. The van der Waals surface area contributed by atoms with E-state index in [0.717, 1.165) is 44.8 Å². The van der Waals surface area contributed by atoms with Crippen molar-refractivity contribution in [2.24, 2.45) is 5.92 Å². The van der Waals surface area contributed by atoms with E-state index in [4.69, 9.17) is 9.84 Å². The van der Waals surface area contributed by atoms with E-state index in [1.807, 2.05) is 0 Å². The molecule has 0 amide bonds. The Hall–Kier alpha value is -1.39. The second-order valence-electron chi connectivity index (χ2n) is 5.91. The Kier molecular flexibility index (Phi) is 6.21. The molecule has 0 spiro atoms. The summed E-state index contributed by atoms with van der Waals surface area (Å²) in [6.07, 6.45) is 2.17. The monoisotopic (exact) mass is 289 g/mol. The number of methoxy groups -OCH3 is 1. The maximum absolute atomic E-state index is 5.11. The van der Waals surface area contributed by atoms with Gasteiger partial charge in [0.25, 0.3) is 0 Å². The van der Waals surface area contributed by atoms with Crippen molar-refractivity contribution in [2.45, 2.75) is 39.8 Å². The third-order valence-corrected chi connectivity index (χ3v) is 3.55. The number of aryl methyl sites for hydroxylation is 1. The van der Waals surface area contributed by atoms with E-state index in [9.17, 15) is 0 Å². The van der Waals surface area contributed by atoms with Crippen LogP contribution in [0.15, 0.2) is 24.3 Å². The van der Waals surface area contributed by atoms with Crippen molar-refractivity contribution in [2.75, 3.05) is 20.3 Å². The standard InChI is InChI=1S/C17H27N3O/c1-14(2)12-18-13-16-15-8-4-5-9-17(15)20(19-16)10-6-7-11-21-3/h4-5,8-9,14,18H,6-7,10-13H2,1-3H3. The normalized spacial score (nSPS) is 11.6. The fourth-order valence-corrected chi connectivity index (χ4v) is 2.48. The number of rotatable bonds is 9. The highest BCUT2D eigenvalue weighted by Crippen LogP contribution is 2.19. The van der Waals surface area contributed by atoms with Gasteiger partial charge in [0.05, 0.1) is 11.2 Å². The molecule has 1 heterocycles. The van der Waals surface area contributed by atoms with Gasteiger partial charge in [0.2, 0.25) is 0 Å². The van der Waals surface area contributed by atoms with Crippen LogP contribution in [0.2, 0.25) is 0 Å². The zero-order valence-corrected chi connectivity index (χ0v) is 13.4. The molecule has 2 aromatic rings. The van der Waals surface area contributed by atoms with E-state index in [1.54, 1.807) is 7.11 Å². The molecule has 4 nitrogen and oxygen atoms in total. The van der Waals surface area contributed by atoms with E-state index in [-0.39, 0.29) is 0 Å². The molecule has 1 aromatic heterocycles. The molecule has 1 N–H and O–H groups in total. The quantitative estimate of drug-likeness (QED) is 0.721. The second-order valence-corrected chi connectivity index (χ2v) is 5.91. The summed E-state index contributed by atoms with van der Waals surface area (Å²) in [6.45, 7) is 8.08. The molecule has 4 heteroatoms. The lowest BCUT2D eigenvalue weighted by atomic mass is 10.2. The van der Waals surface area contributed by atoms with Gasteiger partial charge in [0, 0.05) is 32.2 Å². The summed E-state index contributed by atoms with van der Waals surface area (Å²) in [5.74, 6) is 0.660. The number of hydrogen-bond donors (Lipinski definition) is 1. The lowest BCUT2D eigenvalue weighted by Crippen LogP contribution is -2.19. The zero-order valence-electron chi connectivity index (χ0n) is 13.4. The first-order chi connectivity index (χ1) is 10.2. The average molecular weight is 289 g/mol. The van der Waals surface area contributed by atoms with Gasteiger partial charge in [-0.2, -0.15) is 5.10 Å². The summed E-state index contributed by atoms with van der Waals surface area (Å²) in [5.41, 5.74) is 2.38. The van der Waals surface area contributed by atoms with Gasteiger partial charge in [-0.1, -0.05) is 32.0 Å². The SMILES string of the molecule is COCCCCn1nc(CNCC(C)C)c2ccccc21. The predicted molar refractivity (Wildman–Crippen MR) is 87.4 cm³/mol. The average Bonchev–Trinajstić information content (AvgIpc) is 2.82. The Morgan fingerprint density at radius 1 is 1.24 bits per heavy atom. The number of hydrogen-bond acceptors (Lipinski definition) is 3. The number of benzene rings is 1. The van der Waals surface area contributed by atoms with Gasteiger partial charge in [-0.25, -0.2) is 0 Å². The molecule has 0 unspecified atom stereocenters. The summed E-state index contributed by atoms with van der Waals surface area (Å²) in [5, 5.41) is 9.55. The van der Waals surface area contributed by atoms with Crippen LogP contribution in [-0.4, -0.2) is 30.0 Å². The van der Waals surface area contributed by atoms with Crippen molar-refractivity contribution in [1.82, 2.24) is 15.1 Å². The van der Waals surface area contributed by atoms with Crippen molar-refractivity contribution in [3.8, 4) is 0 Å². The minimum absolute atomic E-state index is 0.660. The molecule has 0 fully saturated rings. The molecule has 21 heavy (non-hydrogen) atoms. The summed E-state index contributed by atoms with van der Waals surface area (Å²) >= 11 is 0. The van der Waals surface area contributed by atoms with Crippen LogP contribution in [0.5, 0.6) is 0 Å². The molecule has 0 radical (unpaired) electrons. The topological polar surface area (TPSA) is 39.1 Å². The van der Waals surface area contributed by atoms with Crippen LogP contribution in [0.3, 0.4) is 0 Å². The molecular formula is C17H27N3O. The lowest BCUT2D eigenvalue weighted by Gasteiger charge is -2.05. The number of aromatic nitrogens is 2. The fraction of sp³-hybridized carbons (Fsp3) is 0.588. The second kappa shape index (κ2) is 8.15. The summed E-state index contributed by atoms with van der Waals surface area (Å²) < 4.78 is 7.24. The van der Waals surface area contributed by atoms with Crippen molar-refractivity contribution < 1.29 is 4.74 Å². The minimum Gasteiger partial charge on any atom is -0.385 e. The number of nitrogens with zero attached hydrogens (tertiary/aromatic N) is 2. The molecule has 0 bridgehead atoms. The van der Waals surface area contributed by atoms with Crippen molar-refractivity contribution in [3.63, 3.8) is 0 Å². The Morgan fingerprint density at radius 3 is 2.81 bits per heavy atom. The van der Waals surface area contributed by atoms with Crippen molar-refractivity contribution in [1.29, 1.82) is 0 Å². The van der Waals surface area contributed by atoms with Gasteiger partial charge in [0.15, 0.2) is 0 Å². The van der Waals surface area contributed by atoms with Crippen LogP contribution in [0.4, 0.5) is 0 Å². The van der Waals surface area contributed by atoms with E-state index < -0.39 is 0 Å². The first kappa shape index (κ1) is 16.0. The van der Waals surface area contributed by atoms with E-state index in [1.165, 1.54) is 10.9 Å². The van der Waals surface area contributed by atoms with Crippen LogP contribution in [0, 0.1) is 5.92 Å². The number of fused-ring (bicyclic) bond motifs is 1. The van der Waals surface area contributed by atoms with Gasteiger partial charge in [-0.05, 0) is 31.4 Å². The maximum atomic E-state index is 5.11. The number of para-hydroxylation sites is 1. The molecule has 0 saturated heterocycles. The molecule has 0 aliphatic rings. The molecular weight excluding hydrogens is 262 g/mol. The third kappa shape index (κ3) is 4.55. The Labute approximate surface area is 127 Å². The number of ether oxygens (including phenoxy) is 1. The van der Waals surface area contributed by atoms with Crippen LogP contribution in [-0.2, 0) is 17.8 Å². The molecule has 116 valence electrons. The Balaban J connectivity index is 2.06. The van der Waals surface area contributed by atoms with Crippen LogP contribution in [0.25, 0.3) is 10.9 Å². The molecule has 1 aromatic carbocycles. The smallest absolute Gasteiger partial charge is 0.0841 e. The summed E-state index contributed by atoms with van der Waals surface area (Å²) in [6, 6.07) is 8.50. The molecule has 2 rings (SSSR count). The molecule has 0 aliphatic carbocycles. The van der Waals surface area contributed by atoms with E-state index in [2.05, 4.69) is 48.1 Å². The van der Waals surface area contributed by atoms with Crippen molar-refractivity contribution >= 4 is 10.9 Å². The number of unbranched alkanes of at least 4 members (excludes halogenated alkanes) is 1.